The number of pyridine rings is 1. The Kier molecular flexibility index (Phi) is 6.96. The van der Waals surface area contributed by atoms with Gasteiger partial charge in [-0.25, -0.2) is 18.7 Å². The molecule has 2 saturated heterocycles. The molecule has 1 atom stereocenters. The number of nitrogens with zero attached hydrogens (tertiary/aromatic N) is 3. The lowest BCUT2D eigenvalue weighted by atomic mass is 9.89. The van der Waals surface area contributed by atoms with Crippen molar-refractivity contribution in [3.05, 3.63) is 28.5 Å². The fraction of sp³-hybridized carbons (Fsp3) is 0.615. The zero-order valence-corrected chi connectivity index (χ0v) is 22.1. The van der Waals surface area contributed by atoms with Gasteiger partial charge in [0.1, 0.15) is 17.6 Å². The van der Waals surface area contributed by atoms with E-state index in [4.69, 9.17) is 0 Å². The van der Waals surface area contributed by atoms with Gasteiger partial charge < -0.3 is 20.6 Å². The van der Waals surface area contributed by atoms with E-state index in [0.717, 1.165) is 49.3 Å². The van der Waals surface area contributed by atoms with Gasteiger partial charge in [-0.2, -0.15) is 13.2 Å². The van der Waals surface area contributed by atoms with Crippen LogP contribution in [-0.2, 0) is 0 Å². The summed E-state index contributed by atoms with van der Waals surface area (Å²) in [7, 11) is 0. The molecule has 14 heteroatoms. The number of nitrogens with one attached hydrogen (secondary N) is 2. The second-order valence-electron chi connectivity index (χ2n) is 11.1. The molecule has 0 spiro atoms. The molecule has 4 heterocycles. The molecule has 2 amide bonds. The smallest absolute Gasteiger partial charge is 0.393 e. The van der Waals surface area contributed by atoms with Crippen LogP contribution in [-0.4, -0.2) is 68.2 Å². The predicted molar refractivity (Wildman–Crippen MR) is 135 cm³/mol. The molecule has 6 rings (SSSR count). The topological polar surface area (TPSA) is 107 Å². The van der Waals surface area contributed by atoms with E-state index in [0.29, 0.717) is 25.7 Å². The number of alkyl halides is 5. The normalized spacial score (nSPS) is 26.6. The second-order valence-corrected chi connectivity index (χ2v) is 12.1. The largest absolute Gasteiger partial charge is 0.408 e. The lowest BCUT2D eigenvalue weighted by Gasteiger charge is -2.31. The van der Waals surface area contributed by atoms with Crippen LogP contribution in [0.5, 0.6) is 0 Å². The third-order valence-corrected chi connectivity index (χ3v) is 9.41. The summed E-state index contributed by atoms with van der Waals surface area (Å²) in [6, 6.07) is -1.25. The minimum absolute atomic E-state index is 0.0155. The van der Waals surface area contributed by atoms with Crippen molar-refractivity contribution in [1.82, 2.24) is 20.2 Å². The summed E-state index contributed by atoms with van der Waals surface area (Å²) in [5, 5.41) is 14.4. The third kappa shape index (κ3) is 5.15. The zero-order chi connectivity index (χ0) is 28.3. The van der Waals surface area contributed by atoms with E-state index in [1.807, 2.05) is 0 Å². The molecular formula is C26H28F5N5O3S. The highest BCUT2D eigenvalue weighted by Crippen LogP contribution is 2.44. The Morgan fingerprint density at radius 2 is 1.73 bits per heavy atom. The van der Waals surface area contributed by atoms with Gasteiger partial charge in [0.05, 0.1) is 11.0 Å². The minimum atomic E-state index is -4.57. The summed E-state index contributed by atoms with van der Waals surface area (Å²) >= 11 is 0.772. The standard InChI is InChI=1S/C26H28F5N5O3S/c27-22(28)16-9-18(34-21(11-1-2-11)26(29,30)31)32-10-17(16)20-19(25(39)36-13-3-4-14(36)6-5-13)35-24(40-20)23(38)33-12-7-15(37)8-12/h9-15,21-22,37H,1-8H2,(H,32,34)(H,33,38)/t12?,13?,14?,15?,21-/m0/s1. The van der Waals surface area contributed by atoms with Crippen molar-refractivity contribution in [1.29, 1.82) is 0 Å². The van der Waals surface area contributed by atoms with Crippen molar-refractivity contribution in [2.24, 2.45) is 5.92 Å². The van der Waals surface area contributed by atoms with Crippen LogP contribution in [0.1, 0.15) is 83.6 Å². The van der Waals surface area contributed by atoms with Crippen molar-refractivity contribution in [2.45, 2.75) is 94.2 Å². The van der Waals surface area contributed by atoms with Crippen molar-refractivity contribution in [2.75, 3.05) is 5.32 Å². The number of fused-ring (bicyclic) bond motifs is 2. The number of anilines is 1. The third-order valence-electron chi connectivity index (χ3n) is 8.33. The molecule has 2 aliphatic heterocycles. The van der Waals surface area contributed by atoms with Gasteiger partial charge in [-0.15, -0.1) is 11.3 Å². The molecular weight excluding hydrogens is 557 g/mol. The highest BCUT2D eigenvalue weighted by atomic mass is 32.1. The summed E-state index contributed by atoms with van der Waals surface area (Å²) in [6.45, 7) is 0. The second kappa shape index (κ2) is 10.2. The van der Waals surface area contributed by atoms with E-state index in [-0.39, 0.29) is 45.1 Å². The Bertz CT molecular complexity index is 1290. The van der Waals surface area contributed by atoms with Gasteiger partial charge in [0.15, 0.2) is 5.01 Å². The van der Waals surface area contributed by atoms with Gasteiger partial charge in [-0.05, 0) is 63.4 Å². The number of halogens is 5. The molecule has 2 bridgehead atoms. The Hall–Kier alpha value is -2.87. The quantitative estimate of drug-likeness (QED) is 0.380. The minimum Gasteiger partial charge on any atom is -0.393 e. The van der Waals surface area contributed by atoms with Crippen LogP contribution < -0.4 is 10.6 Å². The van der Waals surface area contributed by atoms with E-state index in [1.165, 1.54) is 0 Å². The van der Waals surface area contributed by atoms with E-state index in [1.54, 1.807) is 4.90 Å². The van der Waals surface area contributed by atoms with Crippen molar-refractivity contribution >= 4 is 29.0 Å². The predicted octanol–water partition coefficient (Wildman–Crippen LogP) is 4.92. The summed E-state index contributed by atoms with van der Waals surface area (Å²) in [4.78, 5) is 36.7. The number of rotatable bonds is 8. The maximum atomic E-state index is 14.3. The Morgan fingerprint density at radius 1 is 1.07 bits per heavy atom. The lowest BCUT2D eigenvalue weighted by Crippen LogP contribution is -2.46. The van der Waals surface area contributed by atoms with E-state index in [9.17, 15) is 36.6 Å². The molecule has 8 nitrogen and oxygen atoms in total. The number of carbonyl (C=O) groups is 2. The number of thiazole rings is 1. The molecule has 0 aromatic carbocycles. The molecule has 4 aliphatic rings. The number of aliphatic hydroxyl groups excluding tert-OH is 1. The average Bonchev–Trinajstić information content (AvgIpc) is 3.31. The maximum Gasteiger partial charge on any atom is 0.408 e. The van der Waals surface area contributed by atoms with Crippen molar-refractivity contribution in [3.8, 4) is 10.4 Å². The van der Waals surface area contributed by atoms with Crippen LogP contribution in [0.15, 0.2) is 12.3 Å². The van der Waals surface area contributed by atoms with E-state index >= 15 is 0 Å². The first-order chi connectivity index (χ1) is 19.0. The molecule has 2 aromatic rings. The van der Waals surface area contributed by atoms with Gasteiger partial charge in [-0.3, -0.25) is 9.59 Å². The first kappa shape index (κ1) is 27.3. The molecule has 3 N–H and O–H groups in total. The molecule has 2 aromatic heterocycles. The molecule has 0 radical (unpaired) electrons. The van der Waals surface area contributed by atoms with Crippen molar-refractivity contribution < 1.29 is 36.6 Å². The van der Waals surface area contributed by atoms with Gasteiger partial charge in [0, 0.05) is 35.4 Å². The van der Waals surface area contributed by atoms with E-state index in [2.05, 4.69) is 20.6 Å². The molecule has 216 valence electrons. The monoisotopic (exact) mass is 585 g/mol. The number of hydrogen-bond acceptors (Lipinski definition) is 7. The van der Waals surface area contributed by atoms with Crippen LogP contribution in [0, 0.1) is 5.92 Å². The number of carbonyl (C=O) groups excluding carboxylic acids is 2. The average molecular weight is 586 g/mol. The molecule has 0 unspecified atom stereocenters. The summed E-state index contributed by atoms with van der Waals surface area (Å²) < 4.78 is 69.3. The van der Waals surface area contributed by atoms with Gasteiger partial charge in [0.25, 0.3) is 18.2 Å². The zero-order valence-electron chi connectivity index (χ0n) is 21.3. The number of amides is 2. The summed E-state index contributed by atoms with van der Waals surface area (Å²) in [5.74, 6) is -2.03. The van der Waals surface area contributed by atoms with Crippen LogP contribution >= 0.6 is 11.3 Å². The maximum absolute atomic E-state index is 14.3. The van der Waals surface area contributed by atoms with Crippen LogP contribution in [0.4, 0.5) is 27.8 Å². The highest BCUT2D eigenvalue weighted by Gasteiger charge is 2.49. The number of aromatic nitrogens is 2. The number of aliphatic hydroxyl groups is 1. The fourth-order valence-electron chi connectivity index (χ4n) is 6.04. The van der Waals surface area contributed by atoms with Crippen LogP contribution in [0.25, 0.3) is 10.4 Å². The van der Waals surface area contributed by atoms with Crippen LogP contribution in [0.3, 0.4) is 0 Å². The van der Waals surface area contributed by atoms with Crippen molar-refractivity contribution in [3.63, 3.8) is 0 Å². The Balaban J connectivity index is 1.36. The first-order valence-electron chi connectivity index (χ1n) is 13.4. The fourth-order valence-corrected chi connectivity index (χ4v) is 7.03. The molecule has 4 fully saturated rings. The summed E-state index contributed by atoms with van der Waals surface area (Å²) in [5.41, 5.74) is -0.899. The molecule has 40 heavy (non-hydrogen) atoms. The summed E-state index contributed by atoms with van der Waals surface area (Å²) in [6.07, 6.45) is -2.31. The SMILES string of the molecule is O=C(NC1CC(O)C1)c1nc(C(=O)N2C3CCC2CC3)c(-c2cnc(N[C@@H](C3CC3)C(F)(F)F)cc2C(F)F)s1. The molecule has 2 saturated carbocycles. The Labute approximate surface area is 230 Å². The van der Waals surface area contributed by atoms with Gasteiger partial charge in [-0.1, -0.05) is 0 Å². The molecule has 2 aliphatic carbocycles. The Morgan fingerprint density at radius 3 is 2.27 bits per heavy atom. The highest BCUT2D eigenvalue weighted by molar-refractivity contribution is 7.17. The van der Waals surface area contributed by atoms with E-state index < -0.39 is 48.0 Å². The van der Waals surface area contributed by atoms with Gasteiger partial charge in [0.2, 0.25) is 0 Å². The first-order valence-corrected chi connectivity index (χ1v) is 14.3. The van der Waals surface area contributed by atoms with Gasteiger partial charge >= 0.3 is 6.18 Å². The lowest BCUT2D eigenvalue weighted by molar-refractivity contribution is -0.146. The number of hydrogen-bond donors (Lipinski definition) is 3. The van der Waals surface area contributed by atoms with Crippen LogP contribution in [0.2, 0.25) is 0 Å².